The van der Waals surface area contributed by atoms with E-state index in [2.05, 4.69) is 15.5 Å². The fraction of sp³-hybridized carbons (Fsp3) is 0.333. The van der Waals surface area contributed by atoms with Crippen molar-refractivity contribution in [2.24, 2.45) is 0 Å². The van der Waals surface area contributed by atoms with E-state index < -0.39 is 0 Å². The van der Waals surface area contributed by atoms with E-state index in [1.807, 2.05) is 0 Å². The van der Waals surface area contributed by atoms with Crippen LogP contribution in [0.3, 0.4) is 0 Å². The summed E-state index contributed by atoms with van der Waals surface area (Å²) >= 11 is 5.81. The normalized spacial score (nSPS) is 14.9. The lowest BCUT2D eigenvalue weighted by Crippen LogP contribution is -2.50. The molecule has 2 N–H and O–H groups in total. The Morgan fingerprint density at radius 2 is 1.81 bits per heavy atom. The number of anilines is 1. The van der Waals surface area contributed by atoms with Gasteiger partial charge in [0.1, 0.15) is 0 Å². The SMILES string of the molecule is O=C(NCCN1CCN(C(=O)c2ccco2)CC1)Nc1ccc(Cl)cc1. The van der Waals surface area contributed by atoms with Crippen LogP contribution in [-0.4, -0.2) is 61.0 Å². The number of nitrogens with one attached hydrogen (secondary N) is 2. The molecule has 0 saturated carbocycles. The predicted molar refractivity (Wildman–Crippen MR) is 99.5 cm³/mol. The zero-order chi connectivity index (χ0) is 18.4. The number of amides is 3. The van der Waals surface area contributed by atoms with Gasteiger partial charge in [0, 0.05) is 50.0 Å². The van der Waals surface area contributed by atoms with Crippen LogP contribution in [0.4, 0.5) is 10.5 Å². The van der Waals surface area contributed by atoms with Gasteiger partial charge in [-0.05, 0) is 36.4 Å². The molecule has 2 aromatic rings. The van der Waals surface area contributed by atoms with Gasteiger partial charge in [-0.25, -0.2) is 4.79 Å². The number of furan rings is 1. The van der Waals surface area contributed by atoms with E-state index in [9.17, 15) is 9.59 Å². The summed E-state index contributed by atoms with van der Waals surface area (Å²) in [4.78, 5) is 28.1. The maximum absolute atomic E-state index is 12.2. The zero-order valence-corrected chi connectivity index (χ0v) is 15.0. The zero-order valence-electron chi connectivity index (χ0n) is 14.3. The van der Waals surface area contributed by atoms with Crippen LogP contribution in [0.1, 0.15) is 10.6 Å². The average Bonchev–Trinajstić information content (AvgIpc) is 3.18. The highest BCUT2D eigenvalue weighted by Crippen LogP contribution is 2.13. The third-order valence-corrected chi connectivity index (χ3v) is 4.46. The summed E-state index contributed by atoms with van der Waals surface area (Å²) in [5.41, 5.74) is 0.692. The summed E-state index contributed by atoms with van der Waals surface area (Å²) in [5, 5.41) is 6.21. The van der Waals surface area contributed by atoms with Crippen LogP contribution in [0, 0.1) is 0 Å². The van der Waals surface area contributed by atoms with Crippen molar-refractivity contribution in [2.75, 3.05) is 44.6 Å². The van der Waals surface area contributed by atoms with Gasteiger partial charge in [0.15, 0.2) is 5.76 Å². The van der Waals surface area contributed by atoms with Crippen molar-refractivity contribution in [2.45, 2.75) is 0 Å². The van der Waals surface area contributed by atoms with Gasteiger partial charge in [0.2, 0.25) is 0 Å². The minimum atomic E-state index is -0.251. The van der Waals surface area contributed by atoms with Crippen LogP contribution < -0.4 is 10.6 Å². The van der Waals surface area contributed by atoms with E-state index >= 15 is 0 Å². The molecule has 1 aromatic carbocycles. The van der Waals surface area contributed by atoms with Crippen LogP contribution >= 0.6 is 11.6 Å². The minimum Gasteiger partial charge on any atom is -0.459 e. The van der Waals surface area contributed by atoms with E-state index in [1.54, 1.807) is 41.3 Å². The first kappa shape index (κ1) is 18.3. The van der Waals surface area contributed by atoms with Crippen molar-refractivity contribution in [3.8, 4) is 0 Å². The van der Waals surface area contributed by atoms with Crippen molar-refractivity contribution in [3.63, 3.8) is 0 Å². The number of carbonyl (C=O) groups is 2. The van der Waals surface area contributed by atoms with Crippen molar-refractivity contribution >= 4 is 29.2 Å². The Morgan fingerprint density at radius 1 is 1.08 bits per heavy atom. The second-order valence-corrected chi connectivity index (χ2v) is 6.44. The Morgan fingerprint density at radius 3 is 2.46 bits per heavy atom. The standard InChI is InChI=1S/C18H21ClN4O3/c19-14-3-5-15(6-4-14)21-18(25)20-7-8-22-9-11-23(12-10-22)17(24)16-2-1-13-26-16/h1-6,13H,7-12H2,(H2,20,21,25). The highest BCUT2D eigenvalue weighted by atomic mass is 35.5. The molecule has 3 amide bonds. The molecule has 0 atom stereocenters. The molecule has 0 radical (unpaired) electrons. The Hall–Kier alpha value is -2.51. The van der Waals surface area contributed by atoms with E-state index in [-0.39, 0.29) is 11.9 Å². The van der Waals surface area contributed by atoms with Crippen LogP contribution in [0.5, 0.6) is 0 Å². The molecule has 1 aliphatic rings. The van der Waals surface area contributed by atoms with Crippen LogP contribution in [-0.2, 0) is 0 Å². The number of nitrogens with zero attached hydrogens (tertiary/aromatic N) is 2. The maximum atomic E-state index is 12.2. The molecule has 0 unspecified atom stereocenters. The predicted octanol–water partition coefficient (Wildman–Crippen LogP) is 2.51. The van der Waals surface area contributed by atoms with E-state index in [0.717, 1.165) is 19.6 Å². The molecule has 1 fully saturated rings. The lowest BCUT2D eigenvalue weighted by molar-refractivity contribution is 0.0608. The molecule has 3 rings (SSSR count). The molecule has 0 bridgehead atoms. The topological polar surface area (TPSA) is 77.8 Å². The summed E-state index contributed by atoms with van der Waals surface area (Å²) in [6.07, 6.45) is 1.50. The van der Waals surface area contributed by atoms with Crippen LogP contribution in [0.2, 0.25) is 5.02 Å². The van der Waals surface area contributed by atoms with Gasteiger partial charge < -0.3 is 20.0 Å². The van der Waals surface area contributed by atoms with Crippen molar-refractivity contribution < 1.29 is 14.0 Å². The second-order valence-electron chi connectivity index (χ2n) is 6.00. The monoisotopic (exact) mass is 376 g/mol. The molecule has 138 valence electrons. The number of benzene rings is 1. The summed E-state index contributed by atoms with van der Waals surface area (Å²) < 4.78 is 5.16. The van der Waals surface area contributed by atoms with Crippen LogP contribution in [0.15, 0.2) is 47.1 Å². The van der Waals surface area contributed by atoms with Gasteiger partial charge in [-0.2, -0.15) is 0 Å². The number of hydrogen-bond acceptors (Lipinski definition) is 4. The smallest absolute Gasteiger partial charge is 0.319 e. The first-order chi connectivity index (χ1) is 12.6. The Balaban J connectivity index is 1.34. The van der Waals surface area contributed by atoms with Gasteiger partial charge in [-0.3, -0.25) is 9.69 Å². The Kier molecular flexibility index (Phi) is 6.14. The molecule has 1 saturated heterocycles. The summed E-state index contributed by atoms with van der Waals surface area (Å²) in [6, 6.07) is 10.1. The van der Waals surface area contributed by atoms with Gasteiger partial charge in [-0.1, -0.05) is 11.6 Å². The first-order valence-corrected chi connectivity index (χ1v) is 8.85. The first-order valence-electron chi connectivity index (χ1n) is 8.47. The summed E-state index contributed by atoms with van der Waals surface area (Å²) in [7, 11) is 0. The summed E-state index contributed by atoms with van der Waals surface area (Å²) in [6.45, 7) is 4.11. The van der Waals surface area contributed by atoms with Crippen LogP contribution in [0.25, 0.3) is 0 Å². The quantitative estimate of drug-likeness (QED) is 0.840. The molecular weight excluding hydrogens is 356 g/mol. The maximum Gasteiger partial charge on any atom is 0.319 e. The van der Waals surface area contributed by atoms with Crippen molar-refractivity contribution in [1.82, 2.24) is 15.1 Å². The van der Waals surface area contributed by atoms with Gasteiger partial charge >= 0.3 is 6.03 Å². The molecule has 0 aliphatic carbocycles. The van der Waals surface area contributed by atoms with Crippen molar-refractivity contribution in [3.05, 3.63) is 53.4 Å². The second kappa shape index (κ2) is 8.73. The Bertz CT molecular complexity index is 725. The number of hydrogen-bond donors (Lipinski definition) is 2. The van der Waals surface area contributed by atoms with Gasteiger partial charge in [-0.15, -0.1) is 0 Å². The average molecular weight is 377 g/mol. The highest BCUT2D eigenvalue weighted by molar-refractivity contribution is 6.30. The van der Waals surface area contributed by atoms with Gasteiger partial charge in [0.05, 0.1) is 6.26 Å². The number of rotatable bonds is 5. The molecule has 8 heteroatoms. The Labute approximate surface area is 156 Å². The number of carbonyl (C=O) groups excluding carboxylic acids is 2. The fourth-order valence-corrected chi connectivity index (χ4v) is 2.89. The molecule has 1 aromatic heterocycles. The van der Waals surface area contributed by atoms with E-state index in [4.69, 9.17) is 16.0 Å². The number of urea groups is 1. The third-order valence-electron chi connectivity index (χ3n) is 4.21. The molecule has 7 nitrogen and oxygen atoms in total. The lowest BCUT2D eigenvalue weighted by Gasteiger charge is -2.34. The lowest BCUT2D eigenvalue weighted by atomic mass is 10.3. The van der Waals surface area contributed by atoms with E-state index in [0.29, 0.717) is 36.1 Å². The molecular formula is C18H21ClN4O3. The number of piperazine rings is 1. The molecule has 2 heterocycles. The van der Waals surface area contributed by atoms with Gasteiger partial charge in [0.25, 0.3) is 5.91 Å². The molecule has 0 spiro atoms. The minimum absolute atomic E-state index is 0.0740. The highest BCUT2D eigenvalue weighted by Gasteiger charge is 2.23. The number of halogens is 1. The molecule has 1 aliphatic heterocycles. The van der Waals surface area contributed by atoms with E-state index in [1.165, 1.54) is 6.26 Å². The largest absolute Gasteiger partial charge is 0.459 e. The summed E-state index contributed by atoms with van der Waals surface area (Å²) in [5.74, 6) is 0.300. The molecule has 26 heavy (non-hydrogen) atoms. The fourth-order valence-electron chi connectivity index (χ4n) is 2.77. The third kappa shape index (κ3) is 5.00. The van der Waals surface area contributed by atoms with Crippen molar-refractivity contribution in [1.29, 1.82) is 0 Å².